The molecule has 0 saturated carbocycles. The van der Waals surface area contributed by atoms with Crippen molar-refractivity contribution in [2.45, 2.75) is 63.8 Å². The SMILES string of the molecule is CCS[C@@H]1O[C@@H](C)[C@H](OCc2ccccc2)[C@@H](OCc2ccc(OC)cc2)[C@H]1OC(C)=O. The van der Waals surface area contributed by atoms with Gasteiger partial charge in [0.05, 0.1) is 26.4 Å². The summed E-state index contributed by atoms with van der Waals surface area (Å²) in [6.07, 6.45) is -1.67. The zero-order valence-electron chi connectivity index (χ0n) is 19.1. The summed E-state index contributed by atoms with van der Waals surface area (Å²) in [7, 11) is 1.64. The van der Waals surface area contributed by atoms with Gasteiger partial charge in [-0.15, -0.1) is 11.8 Å². The summed E-state index contributed by atoms with van der Waals surface area (Å²) in [5.41, 5.74) is 1.73. The Kier molecular flexibility index (Phi) is 9.41. The first-order valence-electron chi connectivity index (χ1n) is 10.9. The molecule has 0 aliphatic carbocycles. The van der Waals surface area contributed by atoms with E-state index in [9.17, 15) is 4.79 Å². The molecule has 174 valence electrons. The molecular formula is C25H32O6S. The van der Waals surface area contributed by atoms with Crippen LogP contribution in [0.1, 0.15) is 31.9 Å². The summed E-state index contributed by atoms with van der Waals surface area (Å²) in [5.74, 6) is 1.25. The maximum absolute atomic E-state index is 11.9. The van der Waals surface area contributed by atoms with Gasteiger partial charge in [0.15, 0.2) is 6.10 Å². The Morgan fingerprint density at radius 2 is 1.56 bits per heavy atom. The number of benzene rings is 2. The zero-order valence-corrected chi connectivity index (χ0v) is 19.9. The Balaban J connectivity index is 1.80. The molecule has 2 aromatic rings. The summed E-state index contributed by atoms with van der Waals surface area (Å²) in [6.45, 7) is 6.21. The highest BCUT2D eigenvalue weighted by Crippen LogP contribution is 2.34. The minimum atomic E-state index is -0.576. The summed E-state index contributed by atoms with van der Waals surface area (Å²) in [5, 5.41) is 0. The van der Waals surface area contributed by atoms with Crippen LogP contribution in [-0.2, 0) is 37.0 Å². The van der Waals surface area contributed by atoms with Crippen LogP contribution in [0.2, 0.25) is 0 Å². The molecule has 2 aromatic carbocycles. The molecule has 0 radical (unpaired) electrons. The standard InChI is InChI=1S/C25H32O6S/c1-5-32-25-24(31-18(3)26)23(29-16-20-11-13-21(27-4)14-12-20)22(17(2)30-25)28-15-19-9-7-6-8-10-19/h6-14,17,22-25H,5,15-16H2,1-4H3/t17-,22-,23+,24+,25-/m0/s1. The van der Waals surface area contributed by atoms with Crippen molar-refractivity contribution >= 4 is 17.7 Å². The molecule has 6 nitrogen and oxygen atoms in total. The number of hydrogen-bond donors (Lipinski definition) is 0. The van der Waals surface area contributed by atoms with Gasteiger partial charge in [0, 0.05) is 6.92 Å². The molecule has 32 heavy (non-hydrogen) atoms. The van der Waals surface area contributed by atoms with Gasteiger partial charge >= 0.3 is 5.97 Å². The van der Waals surface area contributed by atoms with Crippen LogP contribution in [0.15, 0.2) is 54.6 Å². The van der Waals surface area contributed by atoms with Crippen molar-refractivity contribution in [3.8, 4) is 5.75 Å². The van der Waals surface area contributed by atoms with Gasteiger partial charge in [0.1, 0.15) is 23.4 Å². The molecule has 0 spiro atoms. The summed E-state index contributed by atoms with van der Waals surface area (Å²) in [6, 6.07) is 17.7. The van der Waals surface area contributed by atoms with Gasteiger partial charge in [-0.2, -0.15) is 0 Å². The van der Waals surface area contributed by atoms with E-state index in [2.05, 4.69) is 6.92 Å². The van der Waals surface area contributed by atoms with E-state index in [0.717, 1.165) is 22.6 Å². The fourth-order valence-electron chi connectivity index (χ4n) is 3.69. The number of ether oxygens (including phenoxy) is 5. The lowest BCUT2D eigenvalue weighted by atomic mass is 9.99. The molecule has 0 aromatic heterocycles. The molecule has 0 bridgehead atoms. The molecule has 1 aliphatic rings. The van der Waals surface area contributed by atoms with Gasteiger partial charge in [0.25, 0.3) is 0 Å². The van der Waals surface area contributed by atoms with Gasteiger partial charge in [-0.25, -0.2) is 0 Å². The molecule has 1 aliphatic heterocycles. The Bertz CT molecular complexity index is 828. The molecule has 5 atom stereocenters. The lowest BCUT2D eigenvalue weighted by molar-refractivity contribution is -0.237. The number of carbonyl (C=O) groups is 1. The quantitative estimate of drug-likeness (QED) is 0.480. The topological polar surface area (TPSA) is 63.2 Å². The van der Waals surface area contributed by atoms with Crippen LogP contribution < -0.4 is 4.74 Å². The number of rotatable bonds is 10. The molecule has 0 unspecified atom stereocenters. The van der Waals surface area contributed by atoms with Gasteiger partial charge in [0.2, 0.25) is 0 Å². The predicted octanol–water partition coefficient (Wildman–Crippen LogP) is 4.60. The third-order valence-corrected chi connectivity index (χ3v) is 6.29. The average molecular weight is 461 g/mol. The molecule has 1 saturated heterocycles. The molecule has 1 heterocycles. The largest absolute Gasteiger partial charge is 0.497 e. The van der Waals surface area contributed by atoms with Crippen LogP contribution in [0.5, 0.6) is 5.75 Å². The van der Waals surface area contributed by atoms with E-state index >= 15 is 0 Å². The molecular weight excluding hydrogens is 428 g/mol. The number of hydrogen-bond acceptors (Lipinski definition) is 7. The Hall–Kier alpha value is -2.06. The van der Waals surface area contributed by atoms with Gasteiger partial charge in [-0.1, -0.05) is 49.4 Å². The molecule has 0 N–H and O–H groups in total. The highest BCUT2D eigenvalue weighted by molar-refractivity contribution is 7.99. The fourth-order valence-corrected chi connectivity index (χ4v) is 4.67. The smallest absolute Gasteiger partial charge is 0.303 e. The lowest BCUT2D eigenvalue weighted by Gasteiger charge is -2.44. The van der Waals surface area contributed by atoms with Crippen molar-refractivity contribution in [3.05, 3.63) is 65.7 Å². The Labute approximate surface area is 194 Å². The van der Waals surface area contributed by atoms with Crippen molar-refractivity contribution in [2.75, 3.05) is 12.9 Å². The van der Waals surface area contributed by atoms with Gasteiger partial charge in [-0.05, 0) is 35.9 Å². The third kappa shape index (κ3) is 6.72. The van der Waals surface area contributed by atoms with Crippen molar-refractivity contribution in [1.82, 2.24) is 0 Å². The van der Waals surface area contributed by atoms with Crippen LogP contribution in [0.4, 0.5) is 0 Å². The molecule has 3 rings (SSSR count). The maximum atomic E-state index is 11.9. The van der Waals surface area contributed by atoms with E-state index in [4.69, 9.17) is 23.7 Å². The van der Waals surface area contributed by atoms with Gasteiger partial charge in [-0.3, -0.25) is 4.79 Å². The minimum Gasteiger partial charge on any atom is -0.497 e. The van der Waals surface area contributed by atoms with E-state index in [1.807, 2.05) is 61.5 Å². The van der Waals surface area contributed by atoms with E-state index in [-0.39, 0.29) is 17.5 Å². The van der Waals surface area contributed by atoms with Crippen molar-refractivity contribution in [1.29, 1.82) is 0 Å². The number of methoxy groups -OCH3 is 1. The third-order valence-electron chi connectivity index (χ3n) is 5.25. The van der Waals surface area contributed by atoms with Crippen LogP contribution >= 0.6 is 11.8 Å². The van der Waals surface area contributed by atoms with Crippen LogP contribution in [-0.4, -0.2) is 48.7 Å². The predicted molar refractivity (Wildman–Crippen MR) is 125 cm³/mol. The van der Waals surface area contributed by atoms with E-state index in [1.165, 1.54) is 6.92 Å². The molecule has 1 fully saturated rings. The summed E-state index contributed by atoms with van der Waals surface area (Å²) >= 11 is 1.60. The van der Waals surface area contributed by atoms with E-state index in [1.54, 1.807) is 18.9 Å². The van der Waals surface area contributed by atoms with Crippen LogP contribution in [0, 0.1) is 0 Å². The Morgan fingerprint density at radius 1 is 0.938 bits per heavy atom. The van der Waals surface area contributed by atoms with Gasteiger partial charge < -0.3 is 23.7 Å². The van der Waals surface area contributed by atoms with Crippen molar-refractivity contribution < 1.29 is 28.5 Å². The minimum absolute atomic E-state index is 0.226. The molecule has 7 heteroatoms. The average Bonchev–Trinajstić information content (AvgIpc) is 2.80. The number of thioether (sulfide) groups is 1. The van der Waals surface area contributed by atoms with Crippen molar-refractivity contribution in [2.24, 2.45) is 0 Å². The highest BCUT2D eigenvalue weighted by Gasteiger charge is 2.47. The van der Waals surface area contributed by atoms with E-state index in [0.29, 0.717) is 13.2 Å². The monoisotopic (exact) mass is 460 g/mol. The normalized spacial score (nSPS) is 25.3. The first-order valence-corrected chi connectivity index (χ1v) is 11.9. The van der Waals surface area contributed by atoms with Crippen LogP contribution in [0.3, 0.4) is 0 Å². The maximum Gasteiger partial charge on any atom is 0.303 e. The zero-order chi connectivity index (χ0) is 22.9. The second-order valence-corrected chi connectivity index (χ2v) is 9.00. The first-order chi connectivity index (χ1) is 15.5. The summed E-state index contributed by atoms with van der Waals surface area (Å²) in [4.78, 5) is 11.9. The first kappa shape index (κ1) is 24.6. The number of esters is 1. The van der Waals surface area contributed by atoms with Crippen LogP contribution in [0.25, 0.3) is 0 Å². The second kappa shape index (κ2) is 12.3. The number of carbonyl (C=O) groups excluding carboxylic acids is 1. The summed E-state index contributed by atoms with van der Waals surface area (Å²) < 4.78 is 29.8. The lowest BCUT2D eigenvalue weighted by Crippen LogP contribution is -2.58. The second-order valence-electron chi connectivity index (χ2n) is 7.62. The van der Waals surface area contributed by atoms with E-state index < -0.39 is 18.3 Å². The molecule has 0 amide bonds. The highest BCUT2D eigenvalue weighted by atomic mass is 32.2. The Morgan fingerprint density at radius 3 is 2.16 bits per heavy atom. The fraction of sp³-hybridized carbons (Fsp3) is 0.480. The van der Waals surface area contributed by atoms with Crippen molar-refractivity contribution in [3.63, 3.8) is 0 Å².